The van der Waals surface area contributed by atoms with Crippen LogP contribution in [0.4, 0.5) is 11.4 Å². The van der Waals surface area contributed by atoms with Crippen molar-refractivity contribution >= 4 is 23.3 Å². The van der Waals surface area contributed by atoms with Gasteiger partial charge in [0, 0.05) is 17.8 Å². The average molecular weight is 292 g/mol. The van der Waals surface area contributed by atoms with Crippen LogP contribution >= 0.6 is 0 Å². The molecule has 0 bridgehead atoms. The predicted octanol–water partition coefficient (Wildman–Crippen LogP) is 2.20. The van der Waals surface area contributed by atoms with Crippen LogP contribution in [0.2, 0.25) is 0 Å². The van der Waals surface area contributed by atoms with Gasteiger partial charge in [-0.2, -0.15) is 0 Å². The fraction of sp³-hybridized carbons (Fsp3) is 0.429. The average Bonchev–Trinajstić information content (AvgIpc) is 2.95. The van der Waals surface area contributed by atoms with Crippen molar-refractivity contribution in [3.05, 3.63) is 33.9 Å². The number of benzene rings is 1. The lowest BCUT2D eigenvalue weighted by molar-refractivity contribution is -0.384. The van der Waals surface area contributed by atoms with E-state index >= 15 is 0 Å². The molecule has 2 atom stereocenters. The number of carbonyl (C=O) groups is 2. The Morgan fingerprint density at radius 2 is 1.95 bits per heavy atom. The SMILES string of the molecule is Cc1cc([N+](=O)[O-])ccc1NC(=O)C1C(C(=O)O)C1(C)C. The molecule has 7 heteroatoms. The van der Waals surface area contributed by atoms with Gasteiger partial charge in [0.2, 0.25) is 5.91 Å². The van der Waals surface area contributed by atoms with Crippen LogP contribution in [0.15, 0.2) is 18.2 Å². The Hall–Kier alpha value is -2.44. The zero-order valence-electron chi connectivity index (χ0n) is 11.9. The maximum Gasteiger partial charge on any atom is 0.307 e. The van der Waals surface area contributed by atoms with E-state index in [0.29, 0.717) is 11.3 Å². The monoisotopic (exact) mass is 292 g/mol. The number of nitrogens with one attached hydrogen (secondary N) is 1. The summed E-state index contributed by atoms with van der Waals surface area (Å²) >= 11 is 0. The van der Waals surface area contributed by atoms with Gasteiger partial charge in [-0.05, 0) is 24.0 Å². The minimum atomic E-state index is -0.986. The minimum absolute atomic E-state index is 0.0549. The lowest BCUT2D eigenvalue weighted by atomic mass is 10.1. The second kappa shape index (κ2) is 4.83. The zero-order chi connectivity index (χ0) is 15.9. The highest BCUT2D eigenvalue weighted by atomic mass is 16.6. The zero-order valence-corrected chi connectivity index (χ0v) is 11.9. The standard InChI is InChI=1S/C14H16N2O5/c1-7-6-8(16(20)21)4-5-9(7)15-12(17)10-11(13(18)19)14(10,2)3/h4-6,10-11H,1-3H3,(H,15,17)(H,18,19). The summed E-state index contributed by atoms with van der Waals surface area (Å²) in [6.07, 6.45) is 0. The maximum atomic E-state index is 12.2. The number of aliphatic carboxylic acids is 1. The molecule has 0 spiro atoms. The molecule has 0 aliphatic heterocycles. The summed E-state index contributed by atoms with van der Waals surface area (Å²) in [6.45, 7) is 5.12. The number of nitro benzene ring substituents is 1. The van der Waals surface area contributed by atoms with Gasteiger partial charge in [0.25, 0.3) is 5.69 Å². The molecule has 0 aromatic heterocycles. The summed E-state index contributed by atoms with van der Waals surface area (Å²) in [5, 5.41) is 22.4. The lowest BCUT2D eigenvalue weighted by Gasteiger charge is -2.08. The molecule has 1 aliphatic rings. The van der Waals surface area contributed by atoms with Gasteiger partial charge in [-0.15, -0.1) is 0 Å². The van der Waals surface area contributed by atoms with Crippen LogP contribution in [0, 0.1) is 34.3 Å². The van der Waals surface area contributed by atoms with Gasteiger partial charge >= 0.3 is 5.97 Å². The third kappa shape index (κ3) is 2.58. The van der Waals surface area contributed by atoms with Crippen LogP contribution in [-0.2, 0) is 9.59 Å². The van der Waals surface area contributed by atoms with E-state index in [1.807, 2.05) is 0 Å². The fourth-order valence-electron chi connectivity index (χ4n) is 2.70. The molecule has 1 fully saturated rings. The first kappa shape index (κ1) is 15.0. The number of hydrogen-bond donors (Lipinski definition) is 2. The van der Waals surface area contributed by atoms with Gasteiger partial charge in [-0.3, -0.25) is 19.7 Å². The highest BCUT2D eigenvalue weighted by Gasteiger charge is 2.65. The van der Waals surface area contributed by atoms with Crippen LogP contribution in [0.25, 0.3) is 0 Å². The first-order chi connectivity index (χ1) is 9.66. The topological polar surface area (TPSA) is 110 Å². The number of anilines is 1. The van der Waals surface area contributed by atoms with E-state index in [9.17, 15) is 19.7 Å². The fourth-order valence-corrected chi connectivity index (χ4v) is 2.70. The lowest BCUT2D eigenvalue weighted by Crippen LogP contribution is -2.18. The van der Waals surface area contributed by atoms with Gasteiger partial charge in [-0.1, -0.05) is 13.8 Å². The molecular formula is C14H16N2O5. The van der Waals surface area contributed by atoms with Crippen LogP contribution in [0.5, 0.6) is 0 Å². The Kier molecular flexibility index (Phi) is 3.44. The van der Waals surface area contributed by atoms with Crippen molar-refractivity contribution < 1.29 is 19.6 Å². The molecule has 21 heavy (non-hydrogen) atoms. The number of hydrogen-bond acceptors (Lipinski definition) is 4. The molecule has 1 aromatic rings. The first-order valence-electron chi connectivity index (χ1n) is 6.45. The first-order valence-corrected chi connectivity index (χ1v) is 6.45. The smallest absolute Gasteiger partial charge is 0.307 e. The van der Waals surface area contributed by atoms with Crippen LogP contribution < -0.4 is 5.32 Å². The second-order valence-corrected chi connectivity index (χ2v) is 5.86. The van der Waals surface area contributed by atoms with E-state index in [1.165, 1.54) is 18.2 Å². The second-order valence-electron chi connectivity index (χ2n) is 5.86. The number of amides is 1. The van der Waals surface area contributed by atoms with Crippen molar-refractivity contribution in [1.29, 1.82) is 0 Å². The molecule has 2 unspecified atom stereocenters. The van der Waals surface area contributed by atoms with E-state index < -0.39 is 28.1 Å². The van der Waals surface area contributed by atoms with Gasteiger partial charge in [0.15, 0.2) is 0 Å². The molecule has 1 aromatic carbocycles. The molecule has 2 rings (SSSR count). The van der Waals surface area contributed by atoms with E-state index in [4.69, 9.17) is 5.11 Å². The Morgan fingerprint density at radius 3 is 2.38 bits per heavy atom. The van der Waals surface area contributed by atoms with Gasteiger partial charge in [0.1, 0.15) is 0 Å². The van der Waals surface area contributed by atoms with Crippen LogP contribution in [0.3, 0.4) is 0 Å². The third-order valence-corrected chi connectivity index (χ3v) is 4.05. The Labute approximate surface area is 121 Å². The normalized spacial score (nSPS) is 22.4. The molecule has 0 saturated heterocycles. The van der Waals surface area contributed by atoms with Gasteiger partial charge in [-0.25, -0.2) is 0 Å². The number of rotatable bonds is 4. The summed E-state index contributed by atoms with van der Waals surface area (Å²) in [4.78, 5) is 33.4. The largest absolute Gasteiger partial charge is 0.481 e. The van der Waals surface area contributed by atoms with Crippen molar-refractivity contribution in [2.24, 2.45) is 17.3 Å². The Bertz CT molecular complexity index is 638. The van der Waals surface area contributed by atoms with E-state index in [0.717, 1.165) is 0 Å². The third-order valence-electron chi connectivity index (χ3n) is 4.05. The highest BCUT2D eigenvalue weighted by molar-refractivity contribution is 6.00. The molecule has 2 N–H and O–H groups in total. The minimum Gasteiger partial charge on any atom is -0.481 e. The number of carboxylic acid groups (broad SMARTS) is 1. The van der Waals surface area contributed by atoms with Gasteiger partial charge in [0.05, 0.1) is 16.8 Å². The van der Waals surface area contributed by atoms with E-state index in [-0.39, 0.29) is 11.6 Å². The Morgan fingerprint density at radius 1 is 1.33 bits per heavy atom. The van der Waals surface area contributed by atoms with Crippen LogP contribution in [-0.4, -0.2) is 21.9 Å². The summed E-state index contributed by atoms with van der Waals surface area (Å²) in [7, 11) is 0. The molecule has 1 aliphatic carbocycles. The number of aryl methyl sites for hydroxylation is 1. The number of carbonyl (C=O) groups excluding carboxylic acids is 1. The number of carboxylic acids is 1. The molecule has 1 amide bonds. The van der Waals surface area contributed by atoms with Crippen molar-refractivity contribution in [2.75, 3.05) is 5.32 Å². The molecule has 112 valence electrons. The number of non-ortho nitro benzene ring substituents is 1. The Balaban J connectivity index is 2.15. The van der Waals surface area contributed by atoms with E-state index in [2.05, 4.69) is 5.32 Å². The van der Waals surface area contributed by atoms with Crippen LogP contribution in [0.1, 0.15) is 19.4 Å². The van der Waals surface area contributed by atoms with Crippen molar-refractivity contribution in [3.63, 3.8) is 0 Å². The van der Waals surface area contributed by atoms with Crippen molar-refractivity contribution in [3.8, 4) is 0 Å². The molecule has 1 saturated carbocycles. The molecule has 0 heterocycles. The maximum absolute atomic E-state index is 12.2. The van der Waals surface area contributed by atoms with Crippen molar-refractivity contribution in [2.45, 2.75) is 20.8 Å². The number of nitrogens with zero attached hydrogens (tertiary/aromatic N) is 1. The van der Waals surface area contributed by atoms with Gasteiger partial charge < -0.3 is 10.4 Å². The summed E-state index contributed by atoms with van der Waals surface area (Å²) in [5.74, 6) is -2.65. The summed E-state index contributed by atoms with van der Waals surface area (Å²) in [6, 6.07) is 4.12. The number of nitro groups is 1. The molecule has 7 nitrogen and oxygen atoms in total. The van der Waals surface area contributed by atoms with Crippen molar-refractivity contribution in [1.82, 2.24) is 0 Å². The summed E-state index contributed by atoms with van der Waals surface area (Å²) in [5.41, 5.74) is 0.380. The summed E-state index contributed by atoms with van der Waals surface area (Å²) < 4.78 is 0. The predicted molar refractivity (Wildman–Crippen MR) is 74.9 cm³/mol. The molecular weight excluding hydrogens is 276 g/mol. The molecule has 0 radical (unpaired) electrons. The highest BCUT2D eigenvalue weighted by Crippen LogP contribution is 2.58. The quantitative estimate of drug-likeness (QED) is 0.653. The van der Waals surface area contributed by atoms with E-state index in [1.54, 1.807) is 20.8 Å².